The number of fused-ring (bicyclic) bond motifs is 1. The van der Waals surface area contributed by atoms with E-state index in [1.165, 1.54) is 6.07 Å². The van der Waals surface area contributed by atoms with E-state index in [4.69, 9.17) is 21.0 Å². The van der Waals surface area contributed by atoms with E-state index in [0.717, 1.165) is 10.4 Å². The van der Waals surface area contributed by atoms with Crippen molar-refractivity contribution in [3.63, 3.8) is 0 Å². The molecular formula is C21H11N5. The van der Waals surface area contributed by atoms with Gasteiger partial charge in [-0.3, -0.25) is 0 Å². The summed E-state index contributed by atoms with van der Waals surface area (Å²) >= 11 is 0. The maximum absolute atomic E-state index is 9.14. The number of nitriles is 4. The number of hydrogen-bond donors (Lipinski definition) is 0. The monoisotopic (exact) mass is 333 g/mol. The Balaban J connectivity index is 0.000000254. The minimum absolute atomic E-state index is 0.0243. The van der Waals surface area contributed by atoms with Crippen LogP contribution in [-0.4, -0.2) is 4.98 Å². The molecule has 0 aliphatic heterocycles. The Bertz CT molecular complexity index is 1210. The van der Waals surface area contributed by atoms with E-state index < -0.39 is 0 Å². The van der Waals surface area contributed by atoms with Gasteiger partial charge in [0.1, 0.15) is 23.8 Å². The fourth-order valence-corrected chi connectivity index (χ4v) is 2.25. The maximum Gasteiger partial charge on any atom is 0.160 e. The summed E-state index contributed by atoms with van der Waals surface area (Å²) in [5.74, 6) is 0. The minimum Gasteiger partial charge on any atom is -0.236 e. The lowest BCUT2D eigenvalue weighted by Gasteiger charge is -2.04. The average molecular weight is 333 g/mol. The van der Waals surface area contributed by atoms with Gasteiger partial charge >= 0.3 is 0 Å². The van der Waals surface area contributed by atoms with Gasteiger partial charge in [0.05, 0.1) is 22.7 Å². The molecule has 0 amide bonds. The van der Waals surface area contributed by atoms with E-state index in [9.17, 15) is 0 Å². The van der Waals surface area contributed by atoms with Crippen LogP contribution in [0.3, 0.4) is 0 Å². The number of nitrogens with zero attached hydrogens (tertiary/aromatic N) is 5. The van der Waals surface area contributed by atoms with E-state index in [-0.39, 0.29) is 22.4 Å². The van der Waals surface area contributed by atoms with E-state index in [2.05, 4.69) is 18.1 Å². The standard InChI is InChI=1S/C13H3N5.C8H8/c14-4-8-2-1-3-11-13(8)10(6-16)9(5-15)12(7-17)18-11;1-7-3-5-8(2)6-4-7/h1-3H;3-6H,1-2H2. The van der Waals surface area contributed by atoms with E-state index >= 15 is 0 Å². The quantitative estimate of drug-likeness (QED) is 0.627. The van der Waals surface area contributed by atoms with Crippen LogP contribution in [0.15, 0.2) is 42.5 Å². The zero-order valence-electron chi connectivity index (χ0n) is 13.7. The molecule has 120 valence electrons. The Labute approximate surface area is 150 Å². The second-order valence-electron chi connectivity index (χ2n) is 5.17. The first kappa shape index (κ1) is 17.9. The van der Waals surface area contributed by atoms with Crippen LogP contribution in [0.4, 0.5) is 0 Å². The Morgan fingerprint density at radius 3 is 1.73 bits per heavy atom. The Morgan fingerprint density at radius 2 is 1.27 bits per heavy atom. The summed E-state index contributed by atoms with van der Waals surface area (Å²) in [5.41, 5.74) is 0.460. The number of aromatic nitrogens is 1. The maximum atomic E-state index is 9.14. The number of hydrogen-bond acceptors (Lipinski definition) is 5. The molecule has 0 fully saturated rings. The minimum atomic E-state index is -0.100. The summed E-state index contributed by atoms with van der Waals surface area (Å²) in [6.45, 7) is 7.47. The normalized spacial score (nSPS) is 8.92. The number of rotatable bonds is 0. The van der Waals surface area contributed by atoms with Crippen molar-refractivity contribution in [2.45, 2.75) is 0 Å². The molecule has 0 atom stereocenters. The third kappa shape index (κ3) is 3.55. The highest BCUT2D eigenvalue weighted by molar-refractivity contribution is 5.92. The van der Waals surface area contributed by atoms with Crippen molar-refractivity contribution in [3.8, 4) is 24.3 Å². The molecule has 1 heterocycles. The first-order chi connectivity index (χ1) is 12.5. The number of pyridine rings is 1. The summed E-state index contributed by atoms with van der Waals surface area (Å²) in [6.07, 6.45) is 0. The van der Waals surface area contributed by atoms with Crippen molar-refractivity contribution < 1.29 is 0 Å². The van der Waals surface area contributed by atoms with Gasteiger partial charge in [0.25, 0.3) is 0 Å². The highest BCUT2D eigenvalue weighted by Crippen LogP contribution is 2.25. The summed E-state index contributed by atoms with van der Waals surface area (Å²) in [7, 11) is 0. The van der Waals surface area contributed by atoms with Gasteiger partial charge in [0.15, 0.2) is 5.69 Å². The molecule has 5 nitrogen and oxygen atoms in total. The molecule has 1 aromatic heterocycles. The highest BCUT2D eigenvalue weighted by Gasteiger charge is 2.16. The molecular weight excluding hydrogens is 322 g/mol. The van der Waals surface area contributed by atoms with Crippen molar-refractivity contribution in [2.75, 3.05) is 0 Å². The van der Waals surface area contributed by atoms with Crippen LogP contribution in [0.2, 0.25) is 0 Å². The molecule has 0 aliphatic carbocycles. The Hall–Kier alpha value is -4.45. The second-order valence-corrected chi connectivity index (χ2v) is 5.17. The van der Waals surface area contributed by atoms with Crippen LogP contribution >= 0.6 is 0 Å². The van der Waals surface area contributed by atoms with Crippen LogP contribution in [0.1, 0.15) is 22.4 Å². The zero-order valence-corrected chi connectivity index (χ0v) is 13.7. The molecule has 0 unspecified atom stereocenters. The smallest absolute Gasteiger partial charge is 0.160 e. The van der Waals surface area contributed by atoms with Gasteiger partial charge in [-0.1, -0.05) is 43.5 Å². The molecule has 0 saturated carbocycles. The lowest BCUT2D eigenvalue weighted by Crippen LogP contribution is -2.02. The summed E-state index contributed by atoms with van der Waals surface area (Å²) in [6, 6.07) is 19.9. The molecule has 0 bridgehead atoms. The molecule has 5 heteroatoms. The van der Waals surface area contributed by atoms with E-state index in [1.807, 2.05) is 36.4 Å². The van der Waals surface area contributed by atoms with Gasteiger partial charge in [0.2, 0.25) is 0 Å². The summed E-state index contributed by atoms with van der Waals surface area (Å²) < 4.78 is 0. The lowest BCUT2D eigenvalue weighted by atomic mass is 9.99. The van der Waals surface area contributed by atoms with Crippen LogP contribution < -0.4 is 10.4 Å². The third-order valence-corrected chi connectivity index (χ3v) is 3.48. The van der Waals surface area contributed by atoms with Gasteiger partial charge in [-0.2, -0.15) is 21.0 Å². The molecule has 26 heavy (non-hydrogen) atoms. The topological polar surface area (TPSA) is 108 Å². The van der Waals surface area contributed by atoms with Crippen LogP contribution in [0.25, 0.3) is 24.1 Å². The zero-order chi connectivity index (χ0) is 19.1. The molecule has 0 spiro atoms. The Kier molecular flexibility index (Phi) is 5.43. The fourth-order valence-electron chi connectivity index (χ4n) is 2.25. The summed E-state index contributed by atoms with van der Waals surface area (Å²) in [4.78, 5) is 4.00. The molecule has 3 rings (SSSR count). The van der Waals surface area contributed by atoms with E-state index in [0.29, 0.717) is 10.9 Å². The fraction of sp³-hybridized carbons (Fsp3) is 0. The van der Waals surface area contributed by atoms with Gasteiger partial charge in [-0.25, -0.2) is 4.98 Å². The van der Waals surface area contributed by atoms with Crippen molar-refractivity contribution in [2.24, 2.45) is 0 Å². The Morgan fingerprint density at radius 1 is 0.692 bits per heavy atom. The van der Waals surface area contributed by atoms with Gasteiger partial charge in [-0.15, -0.1) is 0 Å². The third-order valence-electron chi connectivity index (χ3n) is 3.48. The second kappa shape index (κ2) is 7.89. The van der Waals surface area contributed by atoms with Crippen molar-refractivity contribution in [3.05, 3.63) is 75.3 Å². The van der Waals surface area contributed by atoms with Crippen molar-refractivity contribution in [1.82, 2.24) is 4.98 Å². The predicted octanol–water partition coefficient (Wildman–Crippen LogP) is 2.23. The first-order valence-electron chi connectivity index (χ1n) is 7.36. The van der Waals surface area contributed by atoms with Gasteiger partial charge < -0.3 is 0 Å². The average Bonchev–Trinajstić information content (AvgIpc) is 2.68. The lowest BCUT2D eigenvalue weighted by molar-refractivity contribution is 1.28. The first-order valence-corrected chi connectivity index (χ1v) is 7.36. The van der Waals surface area contributed by atoms with Crippen LogP contribution in [0, 0.1) is 45.3 Å². The van der Waals surface area contributed by atoms with Crippen molar-refractivity contribution >= 4 is 24.1 Å². The molecule has 0 radical (unpaired) electrons. The SMILES string of the molecule is C=c1ccc(=C)cc1.N#Cc1nc2cccc(C#N)c2c(C#N)c1C#N. The van der Waals surface area contributed by atoms with Crippen LogP contribution in [-0.2, 0) is 0 Å². The molecule has 0 N–H and O–H groups in total. The number of benzene rings is 2. The van der Waals surface area contributed by atoms with Gasteiger partial charge in [0, 0.05) is 5.39 Å². The van der Waals surface area contributed by atoms with Crippen LogP contribution in [0.5, 0.6) is 0 Å². The molecule has 0 saturated heterocycles. The highest BCUT2D eigenvalue weighted by atomic mass is 14.7. The van der Waals surface area contributed by atoms with Gasteiger partial charge in [-0.05, 0) is 22.6 Å². The molecule has 2 aromatic carbocycles. The molecule has 3 aromatic rings. The summed E-state index contributed by atoms with van der Waals surface area (Å²) in [5, 5.41) is 38.5. The largest absolute Gasteiger partial charge is 0.236 e. The van der Waals surface area contributed by atoms with Crippen molar-refractivity contribution in [1.29, 1.82) is 21.0 Å². The van der Waals surface area contributed by atoms with E-state index in [1.54, 1.807) is 24.3 Å². The molecule has 0 aliphatic rings. The predicted molar refractivity (Wildman–Crippen MR) is 97.3 cm³/mol.